The Bertz CT molecular complexity index is 493. The maximum Gasteiger partial charge on any atom is 0.290 e. The molecule has 1 N–H and O–H groups in total. The van der Waals surface area contributed by atoms with Crippen molar-refractivity contribution in [2.24, 2.45) is 0 Å². The van der Waals surface area contributed by atoms with Gasteiger partial charge in [0, 0.05) is 18.1 Å². The quantitative estimate of drug-likeness (QED) is 0.786. The minimum atomic E-state index is -0.771. The lowest BCUT2D eigenvalue weighted by Gasteiger charge is -2.27. The van der Waals surface area contributed by atoms with Gasteiger partial charge < -0.3 is 14.6 Å². The third-order valence-electron chi connectivity index (χ3n) is 2.43. The van der Waals surface area contributed by atoms with Gasteiger partial charge in [-0.1, -0.05) is 12.2 Å². The van der Waals surface area contributed by atoms with Crippen molar-refractivity contribution in [2.45, 2.75) is 6.04 Å². The number of hydrogen-bond acceptors (Lipinski definition) is 4. The van der Waals surface area contributed by atoms with Crippen LogP contribution in [0, 0.1) is 0 Å². The van der Waals surface area contributed by atoms with E-state index in [0.29, 0.717) is 4.86 Å². The second-order valence-corrected chi connectivity index (χ2v) is 4.01. The van der Waals surface area contributed by atoms with E-state index in [4.69, 9.17) is 16.6 Å². The van der Waals surface area contributed by atoms with Crippen LogP contribution in [0.5, 0.6) is 0 Å². The molecule has 1 aliphatic heterocycles. The number of amides is 2. The average molecular weight is 250 g/mol. The van der Waals surface area contributed by atoms with Gasteiger partial charge in [-0.25, -0.2) is 0 Å². The highest BCUT2D eigenvalue weighted by Crippen LogP contribution is 2.11. The summed E-state index contributed by atoms with van der Waals surface area (Å²) >= 11 is 5.06. The zero-order valence-corrected chi connectivity index (χ0v) is 9.86. The minimum absolute atomic E-state index is 0.178. The van der Waals surface area contributed by atoms with Gasteiger partial charge >= 0.3 is 0 Å². The fourth-order valence-electron chi connectivity index (χ4n) is 1.56. The number of thiocarbonyl (C=S) groups is 1. The molecule has 0 bridgehead atoms. The van der Waals surface area contributed by atoms with Crippen molar-refractivity contribution in [1.29, 1.82) is 0 Å². The molecular formula is C11H10N2O3S. The summed E-state index contributed by atoms with van der Waals surface area (Å²) in [5.74, 6) is -0.523. The standard InChI is InChI=1S/C11H10N2O3S/c1-13(11(15)7-3-2-6-16-7)9-8(17)4-5-12-10(9)14/h2-6,9H,1H3,(H,12,14). The molecule has 6 heteroatoms. The third kappa shape index (κ3) is 2.12. The van der Waals surface area contributed by atoms with Gasteiger partial charge in [-0.15, -0.1) is 0 Å². The van der Waals surface area contributed by atoms with E-state index in [1.807, 2.05) is 0 Å². The molecule has 88 valence electrons. The SMILES string of the molecule is CN(C(=O)c1ccco1)C1C(=O)NC=CC1=S. The number of carbonyl (C=O) groups is 2. The lowest BCUT2D eigenvalue weighted by Crippen LogP contribution is -2.52. The number of hydrogen-bond donors (Lipinski definition) is 1. The second kappa shape index (κ2) is 4.50. The highest BCUT2D eigenvalue weighted by molar-refractivity contribution is 7.81. The first-order chi connectivity index (χ1) is 8.11. The minimum Gasteiger partial charge on any atom is -0.459 e. The van der Waals surface area contributed by atoms with Gasteiger partial charge in [0.2, 0.25) is 0 Å². The van der Waals surface area contributed by atoms with E-state index in [-0.39, 0.29) is 17.6 Å². The molecule has 0 fully saturated rings. The fourth-order valence-corrected chi connectivity index (χ4v) is 1.90. The van der Waals surface area contributed by atoms with Gasteiger partial charge in [-0.2, -0.15) is 0 Å². The summed E-state index contributed by atoms with van der Waals surface area (Å²) in [5.41, 5.74) is 0. The molecule has 0 saturated carbocycles. The number of nitrogens with one attached hydrogen (secondary N) is 1. The molecule has 1 unspecified atom stereocenters. The number of nitrogens with zero attached hydrogens (tertiary/aromatic N) is 1. The van der Waals surface area contributed by atoms with Gasteiger partial charge in [-0.05, 0) is 18.2 Å². The van der Waals surface area contributed by atoms with Crippen LogP contribution in [-0.2, 0) is 4.79 Å². The molecule has 2 rings (SSSR count). The van der Waals surface area contributed by atoms with Crippen LogP contribution < -0.4 is 5.32 Å². The summed E-state index contributed by atoms with van der Waals surface area (Å²) in [4.78, 5) is 25.3. The number of rotatable bonds is 2. The summed E-state index contributed by atoms with van der Waals surface area (Å²) in [6, 6.07) is 2.38. The Morgan fingerprint density at radius 3 is 2.94 bits per heavy atom. The summed E-state index contributed by atoms with van der Waals surface area (Å²) in [6.07, 6.45) is 4.46. The molecule has 1 atom stereocenters. The predicted octanol–water partition coefficient (Wildman–Crippen LogP) is 0.734. The van der Waals surface area contributed by atoms with Crippen LogP contribution in [0.2, 0.25) is 0 Å². The topological polar surface area (TPSA) is 62.6 Å². The highest BCUT2D eigenvalue weighted by Gasteiger charge is 2.32. The molecular weight excluding hydrogens is 240 g/mol. The smallest absolute Gasteiger partial charge is 0.290 e. The van der Waals surface area contributed by atoms with Gasteiger partial charge in [-0.3, -0.25) is 9.59 Å². The fraction of sp³-hybridized carbons (Fsp3) is 0.182. The van der Waals surface area contributed by atoms with Crippen molar-refractivity contribution < 1.29 is 14.0 Å². The normalized spacial score (nSPS) is 19.0. The van der Waals surface area contributed by atoms with Gasteiger partial charge in [0.05, 0.1) is 6.26 Å². The third-order valence-corrected chi connectivity index (χ3v) is 2.79. The Hall–Kier alpha value is -1.95. The summed E-state index contributed by atoms with van der Waals surface area (Å²) in [6.45, 7) is 0. The van der Waals surface area contributed by atoms with Crippen LogP contribution in [0.15, 0.2) is 35.1 Å². The van der Waals surface area contributed by atoms with Crippen molar-refractivity contribution >= 4 is 28.9 Å². The van der Waals surface area contributed by atoms with Crippen LogP contribution in [0.25, 0.3) is 0 Å². The van der Waals surface area contributed by atoms with Crippen LogP contribution in [0.1, 0.15) is 10.6 Å². The van der Waals surface area contributed by atoms with Gasteiger partial charge in [0.15, 0.2) is 5.76 Å². The summed E-state index contributed by atoms with van der Waals surface area (Å²) in [5, 5.41) is 2.51. The van der Waals surface area contributed by atoms with Crippen LogP contribution >= 0.6 is 12.2 Å². The Morgan fingerprint density at radius 2 is 2.35 bits per heavy atom. The van der Waals surface area contributed by atoms with E-state index in [0.717, 1.165) is 0 Å². The average Bonchev–Trinajstić information content (AvgIpc) is 2.81. The van der Waals surface area contributed by atoms with Crippen LogP contribution in [0.4, 0.5) is 0 Å². The lowest BCUT2D eigenvalue weighted by molar-refractivity contribution is -0.122. The zero-order valence-electron chi connectivity index (χ0n) is 9.04. The van der Waals surface area contributed by atoms with Crippen molar-refractivity contribution in [3.63, 3.8) is 0 Å². The van der Waals surface area contributed by atoms with E-state index >= 15 is 0 Å². The van der Waals surface area contributed by atoms with E-state index in [1.54, 1.807) is 18.2 Å². The first-order valence-electron chi connectivity index (χ1n) is 4.92. The predicted molar refractivity (Wildman–Crippen MR) is 64.5 cm³/mol. The molecule has 1 aliphatic rings. The largest absolute Gasteiger partial charge is 0.459 e. The maximum atomic E-state index is 12.0. The molecule has 5 nitrogen and oxygen atoms in total. The first-order valence-corrected chi connectivity index (χ1v) is 5.33. The molecule has 17 heavy (non-hydrogen) atoms. The van der Waals surface area contributed by atoms with E-state index < -0.39 is 6.04 Å². The van der Waals surface area contributed by atoms with Crippen molar-refractivity contribution in [3.05, 3.63) is 36.4 Å². The van der Waals surface area contributed by atoms with Crippen LogP contribution in [0.3, 0.4) is 0 Å². The number of likely N-dealkylation sites (N-methyl/N-ethyl adjacent to an activating group) is 1. The number of furan rings is 1. The van der Waals surface area contributed by atoms with Crippen LogP contribution in [-0.4, -0.2) is 34.7 Å². The molecule has 0 aromatic carbocycles. The van der Waals surface area contributed by atoms with E-state index in [9.17, 15) is 9.59 Å². The van der Waals surface area contributed by atoms with Crippen molar-refractivity contribution in [1.82, 2.24) is 10.2 Å². The number of carbonyl (C=O) groups excluding carboxylic acids is 2. The Balaban J connectivity index is 2.22. The van der Waals surface area contributed by atoms with Gasteiger partial charge in [0.25, 0.3) is 11.8 Å². The Morgan fingerprint density at radius 1 is 1.59 bits per heavy atom. The highest BCUT2D eigenvalue weighted by atomic mass is 32.1. The molecule has 0 aliphatic carbocycles. The zero-order chi connectivity index (χ0) is 12.4. The molecule has 0 radical (unpaired) electrons. The second-order valence-electron chi connectivity index (χ2n) is 3.54. The molecule has 1 aromatic heterocycles. The van der Waals surface area contributed by atoms with Crippen molar-refractivity contribution in [3.8, 4) is 0 Å². The summed E-state index contributed by atoms with van der Waals surface area (Å²) in [7, 11) is 1.51. The maximum absolute atomic E-state index is 12.0. The van der Waals surface area contributed by atoms with Gasteiger partial charge in [0.1, 0.15) is 6.04 Å². The molecule has 2 amide bonds. The monoisotopic (exact) mass is 250 g/mol. The summed E-state index contributed by atoms with van der Waals surface area (Å²) < 4.78 is 4.99. The Kier molecular flexibility index (Phi) is 3.06. The van der Waals surface area contributed by atoms with E-state index in [1.165, 1.54) is 24.4 Å². The van der Waals surface area contributed by atoms with E-state index in [2.05, 4.69) is 5.32 Å². The first kappa shape index (κ1) is 11.5. The molecule has 1 aromatic rings. The molecule has 0 spiro atoms. The van der Waals surface area contributed by atoms with Crippen molar-refractivity contribution in [2.75, 3.05) is 7.05 Å². The molecule has 0 saturated heterocycles. The Labute approximate surface area is 103 Å². The lowest BCUT2D eigenvalue weighted by atomic mass is 10.1. The molecule has 2 heterocycles.